The van der Waals surface area contributed by atoms with Crippen molar-refractivity contribution in [2.45, 2.75) is 31.7 Å². The first-order valence-corrected chi connectivity index (χ1v) is 5.57. The second kappa shape index (κ2) is 3.46. The predicted octanol–water partition coefficient (Wildman–Crippen LogP) is 3.03. The average molecular weight is 244 g/mol. The minimum absolute atomic E-state index is 0.103. The molecule has 0 aliphatic carbocycles. The highest BCUT2D eigenvalue weighted by atomic mass is 79.9. The van der Waals surface area contributed by atoms with Crippen LogP contribution in [0.15, 0.2) is 21.2 Å². The molecule has 0 aromatic carbocycles. The Bertz CT molecular complexity index is 289. The summed E-state index contributed by atoms with van der Waals surface area (Å²) in [5.74, 6) is 1.07. The molecule has 0 amide bonds. The van der Waals surface area contributed by atoms with Gasteiger partial charge in [-0.2, -0.15) is 0 Å². The molecule has 1 unspecified atom stereocenters. The first kappa shape index (κ1) is 9.28. The van der Waals surface area contributed by atoms with Crippen LogP contribution in [0.2, 0.25) is 0 Å². The van der Waals surface area contributed by atoms with E-state index < -0.39 is 0 Å². The maximum Gasteiger partial charge on any atom is 0.169 e. The van der Waals surface area contributed by atoms with Gasteiger partial charge < -0.3 is 9.73 Å². The molecule has 1 aromatic heterocycles. The van der Waals surface area contributed by atoms with Crippen molar-refractivity contribution >= 4 is 15.9 Å². The van der Waals surface area contributed by atoms with Crippen LogP contribution >= 0.6 is 15.9 Å². The number of nitrogens with one attached hydrogen (secondary N) is 1. The molecule has 0 spiro atoms. The minimum atomic E-state index is 0.103. The van der Waals surface area contributed by atoms with Crippen LogP contribution in [0.4, 0.5) is 0 Å². The van der Waals surface area contributed by atoms with Crippen LogP contribution in [0, 0.1) is 0 Å². The van der Waals surface area contributed by atoms with Crippen LogP contribution in [-0.4, -0.2) is 6.54 Å². The number of hydrogen-bond acceptors (Lipinski definition) is 2. The highest BCUT2D eigenvalue weighted by Crippen LogP contribution is 2.35. The Morgan fingerprint density at radius 3 is 2.92 bits per heavy atom. The van der Waals surface area contributed by atoms with Crippen molar-refractivity contribution in [2.24, 2.45) is 0 Å². The molecule has 1 N–H and O–H groups in total. The summed E-state index contributed by atoms with van der Waals surface area (Å²) in [6, 6.07) is 4.03. The fourth-order valence-corrected chi connectivity index (χ4v) is 2.37. The zero-order valence-corrected chi connectivity index (χ0v) is 9.36. The Balaban J connectivity index is 2.30. The van der Waals surface area contributed by atoms with Gasteiger partial charge in [-0.15, -0.1) is 0 Å². The van der Waals surface area contributed by atoms with Crippen LogP contribution in [0.1, 0.15) is 31.9 Å². The SMILES string of the molecule is CCC1(c2ccc(Br)o2)CCCN1. The van der Waals surface area contributed by atoms with Gasteiger partial charge >= 0.3 is 0 Å². The fraction of sp³-hybridized carbons (Fsp3) is 0.600. The lowest BCUT2D eigenvalue weighted by atomic mass is 9.91. The molecule has 72 valence electrons. The number of hydrogen-bond donors (Lipinski definition) is 1. The monoisotopic (exact) mass is 243 g/mol. The Kier molecular flexibility index (Phi) is 2.47. The summed E-state index contributed by atoms with van der Waals surface area (Å²) in [6.45, 7) is 3.31. The van der Waals surface area contributed by atoms with Crippen molar-refractivity contribution in [3.63, 3.8) is 0 Å². The van der Waals surface area contributed by atoms with Gasteiger partial charge in [0, 0.05) is 0 Å². The Morgan fingerprint density at radius 2 is 2.46 bits per heavy atom. The zero-order chi connectivity index (χ0) is 9.31. The maximum absolute atomic E-state index is 5.62. The zero-order valence-electron chi connectivity index (χ0n) is 7.77. The highest BCUT2D eigenvalue weighted by Gasteiger charge is 2.36. The van der Waals surface area contributed by atoms with E-state index in [0.717, 1.165) is 23.4 Å². The Morgan fingerprint density at radius 1 is 1.62 bits per heavy atom. The smallest absolute Gasteiger partial charge is 0.169 e. The summed E-state index contributed by atoms with van der Waals surface area (Å²) >= 11 is 3.34. The second-order valence-electron chi connectivity index (χ2n) is 3.57. The lowest BCUT2D eigenvalue weighted by Gasteiger charge is -2.25. The summed E-state index contributed by atoms with van der Waals surface area (Å²) in [6.07, 6.45) is 3.52. The molecule has 1 saturated heterocycles. The molecule has 0 bridgehead atoms. The third-order valence-electron chi connectivity index (χ3n) is 2.89. The Labute approximate surface area is 86.8 Å². The molecule has 2 heterocycles. The number of rotatable bonds is 2. The molecule has 1 aliphatic heterocycles. The quantitative estimate of drug-likeness (QED) is 0.864. The molecule has 3 heteroatoms. The lowest BCUT2D eigenvalue weighted by Crippen LogP contribution is -2.35. The van der Waals surface area contributed by atoms with Gasteiger partial charge in [0.05, 0.1) is 5.54 Å². The fourth-order valence-electron chi connectivity index (χ4n) is 2.06. The van der Waals surface area contributed by atoms with Crippen LogP contribution in [0.5, 0.6) is 0 Å². The van der Waals surface area contributed by atoms with Gasteiger partial charge in [-0.25, -0.2) is 0 Å². The summed E-state index contributed by atoms with van der Waals surface area (Å²) in [4.78, 5) is 0. The molecule has 1 fully saturated rings. The standard InChI is InChI=1S/C10H14BrNO/c1-2-10(6-3-7-12-10)8-4-5-9(11)13-8/h4-5,12H,2-3,6-7H2,1H3. The maximum atomic E-state index is 5.62. The third-order valence-corrected chi connectivity index (χ3v) is 3.32. The van der Waals surface area contributed by atoms with Crippen molar-refractivity contribution in [2.75, 3.05) is 6.54 Å². The van der Waals surface area contributed by atoms with E-state index in [1.54, 1.807) is 0 Å². The summed E-state index contributed by atoms with van der Waals surface area (Å²) in [5, 5.41) is 3.53. The second-order valence-corrected chi connectivity index (χ2v) is 4.35. The normalized spacial score (nSPS) is 28.2. The molecule has 0 saturated carbocycles. The van der Waals surface area contributed by atoms with E-state index in [2.05, 4.69) is 34.2 Å². The van der Waals surface area contributed by atoms with E-state index in [9.17, 15) is 0 Å². The van der Waals surface area contributed by atoms with Crippen molar-refractivity contribution in [3.05, 3.63) is 22.6 Å². The molecule has 13 heavy (non-hydrogen) atoms. The van der Waals surface area contributed by atoms with E-state index in [1.807, 2.05) is 6.07 Å². The molecule has 2 nitrogen and oxygen atoms in total. The van der Waals surface area contributed by atoms with Crippen molar-refractivity contribution in [1.82, 2.24) is 5.32 Å². The summed E-state index contributed by atoms with van der Waals surface area (Å²) in [7, 11) is 0. The molecule has 2 rings (SSSR count). The Hall–Kier alpha value is -0.280. The minimum Gasteiger partial charge on any atom is -0.452 e. The van der Waals surface area contributed by atoms with Gasteiger partial charge in [0.25, 0.3) is 0 Å². The van der Waals surface area contributed by atoms with E-state index in [4.69, 9.17) is 4.42 Å². The topological polar surface area (TPSA) is 25.2 Å². The van der Waals surface area contributed by atoms with Gasteiger partial charge in [0.15, 0.2) is 4.67 Å². The van der Waals surface area contributed by atoms with E-state index in [1.165, 1.54) is 12.8 Å². The number of halogens is 1. The van der Waals surface area contributed by atoms with E-state index >= 15 is 0 Å². The number of furan rings is 1. The van der Waals surface area contributed by atoms with Gasteiger partial charge in [-0.1, -0.05) is 6.92 Å². The first-order valence-electron chi connectivity index (χ1n) is 4.78. The molecular formula is C10H14BrNO. The van der Waals surface area contributed by atoms with Crippen LogP contribution in [-0.2, 0) is 5.54 Å². The average Bonchev–Trinajstić information content (AvgIpc) is 2.73. The van der Waals surface area contributed by atoms with Crippen LogP contribution in [0.25, 0.3) is 0 Å². The van der Waals surface area contributed by atoms with Crippen molar-refractivity contribution in [1.29, 1.82) is 0 Å². The van der Waals surface area contributed by atoms with Gasteiger partial charge in [-0.3, -0.25) is 0 Å². The van der Waals surface area contributed by atoms with Gasteiger partial charge in [-0.05, 0) is 53.9 Å². The molecule has 1 aromatic rings. The van der Waals surface area contributed by atoms with Crippen molar-refractivity contribution < 1.29 is 4.42 Å². The van der Waals surface area contributed by atoms with Gasteiger partial charge in [0.1, 0.15) is 5.76 Å². The summed E-state index contributed by atoms with van der Waals surface area (Å²) in [5.41, 5.74) is 0.103. The van der Waals surface area contributed by atoms with Crippen molar-refractivity contribution in [3.8, 4) is 0 Å². The lowest BCUT2D eigenvalue weighted by molar-refractivity contribution is 0.292. The molecule has 1 aliphatic rings. The van der Waals surface area contributed by atoms with E-state index in [0.29, 0.717) is 0 Å². The van der Waals surface area contributed by atoms with Crippen LogP contribution < -0.4 is 5.32 Å². The van der Waals surface area contributed by atoms with Gasteiger partial charge in [0.2, 0.25) is 0 Å². The largest absolute Gasteiger partial charge is 0.452 e. The third kappa shape index (κ3) is 1.55. The molecule has 0 radical (unpaired) electrons. The first-order chi connectivity index (χ1) is 6.27. The highest BCUT2D eigenvalue weighted by molar-refractivity contribution is 9.10. The molecular weight excluding hydrogens is 230 g/mol. The van der Waals surface area contributed by atoms with E-state index in [-0.39, 0.29) is 5.54 Å². The predicted molar refractivity (Wildman–Crippen MR) is 55.6 cm³/mol. The van der Waals surface area contributed by atoms with Crippen LogP contribution in [0.3, 0.4) is 0 Å². The summed E-state index contributed by atoms with van der Waals surface area (Å²) < 4.78 is 6.44. The molecule has 1 atom stereocenters.